The minimum atomic E-state index is 0.249. The summed E-state index contributed by atoms with van der Waals surface area (Å²) in [5.41, 5.74) is 3.98. The number of aromatic nitrogens is 2. The van der Waals surface area contributed by atoms with Crippen LogP contribution in [0.5, 0.6) is 0 Å². The Hall–Kier alpha value is -1.68. The van der Waals surface area contributed by atoms with Gasteiger partial charge in [0.15, 0.2) is 5.82 Å². The normalized spacial score (nSPS) is 22.0. The third-order valence-corrected chi connectivity index (χ3v) is 4.66. The van der Waals surface area contributed by atoms with Gasteiger partial charge in [0.05, 0.1) is 6.04 Å². The quantitative estimate of drug-likeness (QED) is 0.917. The van der Waals surface area contributed by atoms with E-state index < -0.39 is 0 Å². The van der Waals surface area contributed by atoms with Crippen LogP contribution in [0.25, 0.3) is 11.5 Å². The van der Waals surface area contributed by atoms with Crippen molar-refractivity contribution >= 4 is 0 Å². The van der Waals surface area contributed by atoms with E-state index in [1.807, 2.05) is 0 Å². The largest absolute Gasteiger partial charge is 0.334 e. The zero-order valence-electron chi connectivity index (χ0n) is 12.3. The maximum atomic E-state index is 5.50. The number of hydrogen-bond acceptors (Lipinski definition) is 4. The summed E-state index contributed by atoms with van der Waals surface area (Å²) >= 11 is 0. The van der Waals surface area contributed by atoms with E-state index in [4.69, 9.17) is 4.52 Å². The number of aryl methyl sites for hydroxylation is 2. The van der Waals surface area contributed by atoms with Crippen molar-refractivity contribution in [2.24, 2.45) is 0 Å². The van der Waals surface area contributed by atoms with Crippen molar-refractivity contribution in [1.29, 1.82) is 0 Å². The molecule has 1 aromatic carbocycles. The highest BCUT2D eigenvalue weighted by atomic mass is 16.5. The fraction of sp³-hybridized carbons (Fsp3) is 0.529. The van der Waals surface area contributed by atoms with Gasteiger partial charge in [-0.05, 0) is 61.9 Å². The molecule has 1 atom stereocenters. The van der Waals surface area contributed by atoms with Gasteiger partial charge in [0.1, 0.15) is 0 Å². The van der Waals surface area contributed by atoms with Crippen molar-refractivity contribution in [3.05, 3.63) is 35.2 Å². The standard InChI is InChI=1S/C17H21N3O/c1-2-7-15(18-10-3-1)16-19-17(21-20-16)14-9-8-12-5-4-6-13(12)11-14/h8-9,11,15,18H,1-7,10H2. The number of rotatable bonds is 2. The van der Waals surface area contributed by atoms with Crippen LogP contribution < -0.4 is 5.32 Å². The van der Waals surface area contributed by atoms with Crippen molar-refractivity contribution in [3.63, 3.8) is 0 Å². The van der Waals surface area contributed by atoms with Gasteiger partial charge in [0.25, 0.3) is 5.89 Å². The predicted octanol–water partition coefficient (Wildman–Crippen LogP) is 3.43. The minimum absolute atomic E-state index is 0.249. The molecule has 1 fully saturated rings. The van der Waals surface area contributed by atoms with E-state index in [1.165, 1.54) is 49.7 Å². The average Bonchev–Trinajstić information content (AvgIpc) is 3.10. The van der Waals surface area contributed by atoms with Crippen LogP contribution in [0.4, 0.5) is 0 Å². The van der Waals surface area contributed by atoms with Gasteiger partial charge in [-0.3, -0.25) is 0 Å². The molecule has 0 saturated carbocycles. The van der Waals surface area contributed by atoms with E-state index in [9.17, 15) is 0 Å². The SMILES string of the molecule is c1cc2c(cc1-c1nc(C3CCCCCN3)no1)CCC2. The average molecular weight is 283 g/mol. The van der Waals surface area contributed by atoms with Crippen LogP contribution in [-0.2, 0) is 12.8 Å². The first kappa shape index (κ1) is 13.0. The first-order chi connectivity index (χ1) is 10.4. The van der Waals surface area contributed by atoms with Crippen molar-refractivity contribution < 1.29 is 4.52 Å². The summed E-state index contributed by atoms with van der Waals surface area (Å²) in [6.07, 6.45) is 8.51. The summed E-state index contributed by atoms with van der Waals surface area (Å²) in [5, 5.41) is 7.72. The van der Waals surface area contributed by atoms with Gasteiger partial charge in [-0.25, -0.2) is 0 Å². The Labute approximate surface area is 124 Å². The Kier molecular flexibility index (Phi) is 3.47. The molecule has 1 N–H and O–H groups in total. The molecule has 1 aromatic heterocycles. The molecule has 4 heteroatoms. The van der Waals surface area contributed by atoms with Crippen molar-refractivity contribution in [2.45, 2.75) is 51.0 Å². The summed E-state index contributed by atoms with van der Waals surface area (Å²) in [5.74, 6) is 1.47. The second kappa shape index (κ2) is 5.60. The lowest BCUT2D eigenvalue weighted by Crippen LogP contribution is -2.21. The molecular formula is C17H21N3O. The van der Waals surface area contributed by atoms with Gasteiger partial charge in [-0.15, -0.1) is 0 Å². The molecule has 4 rings (SSSR count). The van der Waals surface area contributed by atoms with E-state index >= 15 is 0 Å². The summed E-state index contributed by atoms with van der Waals surface area (Å²) in [6, 6.07) is 6.80. The summed E-state index contributed by atoms with van der Waals surface area (Å²) < 4.78 is 5.50. The smallest absolute Gasteiger partial charge is 0.257 e. The molecule has 110 valence electrons. The molecule has 4 nitrogen and oxygen atoms in total. The van der Waals surface area contributed by atoms with Gasteiger partial charge in [0, 0.05) is 5.56 Å². The summed E-state index contributed by atoms with van der Waals surface area (Å²) in [4.78, 5) is 4.63. The van der Waals surface area contributed by atoms with E-state index in [1.54, 1.807) is 0 Å². The predicted molar refractivity (Wildman–Crippen MR) is 81.0 cm³/mol. The molecule has 1 aliphatic heterocycles. The lowest BCUT2D eigenvalue weighted by atomic mass is 10.1. The van der Waals surface area contributed by atoms with Gasteiger partial charge in [-0.2, -0.15) is 4.98 Å². The van der Waals surface area contributed by atoms with Gasteiger partial charge in [0.2, 0.25) is 0 Å². The van der Waals surface area contributed by atoms with Crippen LogP contribution in [0.1, 0.15) is 55.1 Å². The molecule has 0 radical (unpaired) electrons. The monoisotopic (exact) mass is 283 g/mol. The van der Waals surface area contributed by atoms with Crippen LogP contribution in [0.15, 0.2) is 22.7 Å². The third-order valence-electron chi connectivity index (χ3n) is 4.66. The van der Waals surface area contributed by atoms with Crippen LogP contribution in [0.2, 0.25) is 0 Å². The number of nitrogens with zero attached hydrogens (tertiary/aromatic N) is 2. The van der Waals surface area contributed by atoms with Crippen molar-refractivity contribution in [3.8, 4) is 11.5 Å². The maximum Gasteiger partial charge on any atom is 0.257 e. The highest BCUT2D eigenvalue weighted by Gasteiger charge is 2.20. The summed E-state index contributed by atoms with van der Waals surface area (Å²) in [6.45, 7) is 1.05. The van der Waals surface area contributed by atoms with Gasteiger partial charge >= 0.3 is 0 Å². The lowest BCUT2D eigenvalue weighted by Gasteiger charge is -2.09. The summed E-state index contributed by atoms with van der Waals surface area (Å²) in [7, 11) is 0. The van der Waals surface area contributed by atoms with E-state index in [2.05, 4.69) is 33.7 Å². The zero-order valence-corrected chi connectivity index (χ0v) is 12.3. The second-order valence-electron chi connectivity index (χ2n) is 6.15. The fourth-order valence-corrected chi connectivity index (χ4v) is 3.45. The van der Waals surface area contributed by atoms with Gasteiger partial charge in [-0.1, -0.05) is 24.1 Å². The van der Waals surface area contributed by atoms with E-state index in [-0.39, 0.29) is 6.04 Å². The second-order valence-corrected chi connectivity index (χ2v) is 6.15. The molecule has 0 amide bonds. The molecule has 2 aromatic rings. The highest BCUT2D eigenvalue weighted by molar-refractivity contribution is 5.56. The van der Waals surface area contributed by atoms with Crippen LogP contribution >= 0.6 is 0 Å². The number of hydrogen-bond donors (Lipinski definition) is 1. The molecule has 2 heterocycles. The molecule has 1 saturated heterocycles. The fourth-order valence-electron chi connectivity index (χ4n) is 3.45. The topological polar surface area (TPSA) is 51.0 Å². The van der Waals surface area contributed by atoms with Gasteiger partial charge < -0.3 is 9.84 Å². The number of nitrogens with one attached hydrogen (secondary N) is 1. The molecule has 0 bridgehead atoms. The van der Waals surface area contributed by atoms with Crippen molar-refractivity contribution in [1.82, 2.24) is 15.5 Å². The first-order valence-electron chi connectivity index (χ1n) is 8.09. The third kappa shape index (κ3) is 2.60. The van der Waals surface area contributed by atoms with E-state index in [0.29, 0.717) is 5.89 Å². The van der Waals surface area contributed by atoms with Crippen LogP contribution in [0.3, 0.4) is 0 Å². The Morgan fingerprint density at radius 2 is 2.00 bits per heavy atom. The molecule has 2 aliphatic rings. The number of fused-ring (bicyclic) bond motifs is 1. The zero-order chi connectivity index (χ0) is 14.1. The molecule has 1 aliphatic carbocycles. The maximum absolute atomic E-state index is 5.50. The Morgan fingerprint density at radius 1 is 1.05 bits per heavy atom. The van der Waals surface area contributed by atoms with Crippen molar-refractivity contribution in [2.75, 3.05) is 6.54 Å². The Morgan fingerprint density at radius 3 is 3.00 bits per heavy atom. The molecule has 1 unspecified atom stereocenters. The first-order valence-corrected chi connectivity index (χ1v) is 8.09. The Balaban J connectivity index is 1.59. The molecular weight excluding hydrogens is 262 g/mol. The van der Waals surface area contributed by atoms with E-state index in [0.717, 1.165) is 24.4 Å². The van der Waals surface area contributed by atoms with Crippen LogP contribution in [0, 0.1) is 0 Å². The lowest BCUT2D eigenvalue weighted by molar-refractivity contribution is 0.402. The number of benzene rings is 1. The Bertz CT molecular complexity index is 627. The molecule has 0 spiro atoms. The minimum Gasteiger partial charge on any atom is -0.334 e. The molecule has 21 heavy (non-hydrogen) atoms. The highest BCUT2D eigenvalue weighted by Crippen LogP contribution is 2.28. The van der Waals surface area contributed by atoms with Crippen LogP contribution in [-0.4, -0.2) is 16.7 Å².